The summed E-state index contributed by atoms with van der Waals surface area (Å²) in [6.07, 6.45) is 6.98. The molecular formula is C17H17NOS. The third kappa shape index (κ3) is 2.99. The van der Waals surface area contributed by atoms with Gasteiger partial charge in [-0.15, -0.1) is 11.3 Å². The smallest absolute Gasteiger partial charge is 0.248 e. The Hall–Kier alpha value is -1.87. The van der Waals surface area contributed by atoms with Crippen molar-refractivity contribution in [3.8, 4) is 0 Å². The van der Waals surface area contributed by atoms with Crippen molar-refractivity contribution in [1.29, 1.82) is 0 Å². The Balaban J connectivity index is 1.65. The molecule has 0 radical (unpaired) electrons. The number of nitrogens with one attached hydrogen (secondary N) is 1. The summed E-state index contributed by atoms with van der Waals surface area (Å²) in [6, 6.07) is 10.3. The molecule has 0 atom stereocenters. The molecule has 1 heterocycles. The summed E-state index contributed by atoms with van der Waals surface area (Å²) in [5.41, 5.74) is 3.69. The molecule has 0 aliphatic heterocycles. The summed E-state index contributed by atoms with van der Waals surface area (Å²) in [5.74, 6) is -0.0750. The van der Waals surface area contributed by atoms with E-state index in [2.05, 4.69) is 30.4 Å². The van der Waals surface area contributed by atoms with Gasteiger partial charge >= 0.3 is 0 Å². The van der Waals surface area contributed by atoms with E-state index in [-0.39, 0.29) is 5.91 Å². The molecule has 1 aliphatic rings. The van der Waals surface area contributed by atoms with Crippen LogP contribution in [0.1, 0.15) is 27.3 Å². The van der Waals surface area contributed by atoms with Crippen LogP contribution in [0.5, 0.6) is 0 Å². The lowest BCUT2D eigenvalue weighted by Crippen LogP contribution is -2.07. The number of rotatable bonds is 3. The van der Waals surface area contributed by atoms with E-state index in [9.17, 15) is 4.79 Å². The number of hydrogen-bond acceptors (Lipinski definition) is 2. The van der Waals surface area contributed by atoms with Crippen molar-refractivity contribution in [2.24, 2.45) is 0 Å². The summed E-state index contributed by atoms with van der Waals surface area (Å²) < 4.78 is 0. The van der Waals surface area contributed by atoms with Gasteiger partial charge in [0.15, 0.2) is 0 Å². The third-order valence-corrected chi connectivity index (χ3v) is 4.49. The van der Waals surface area contributed by atoms with Gasteiger partial charge in [-0.2, -0.15) is 0 Å². The van der Waals surface area contributed by atoms with Gasteiger partial charge in [0.25, 0.3) is 0 Å². The van der Waals surface area contributed by atoms with Crippen LogP contribution in [-0.2, 0) is 17.6 Å². The van der Waals surface area contributed by atoms with Crippen LogP contribution in [0.3, 0.4) is 0 Å². The Kier molecular flexibility index (Phi) is 3.70. The van der Waals surface area contributed by atoms with Crippen molar-refractivity contribution >= 4 is 29.0 Å². The highest BCUT2D eigenvalue weighted by Gasteiger charge is 2.11. The second-order valence-electron chi connectivity index (χ2n) is 5.11. The minimum absolute atomic E-state index is 0.0750. The molecule has 0 bridgehead atoms. The molecular weight excluding hydrogens is 266 g/mol. The van der Waals surface area contributed by atoms with Crippen molar-refractivity contribution in [2.45, 2.75) is 26.2 Å². The van der Waals surface area contributed by atoms with Crippen molar-refractivity contribution in [1.82, 2.24) is 0 Å². The highest BCUT2D eigenvalue weighted by atomic mass is 32.1. The Morgan fingerprint density at radius 3 is 2.85 bits per heavy atom. The lowest BCUT2D eigenvalue weighted by atomic mass is 10.1. The maximum absolute atomic E-state index is 11.9. The third-order valence-electron chi connectivity index (χ3n) is 3.53. The van der Waals surface area contributed by atoms with E-state index in [1.807, 2.05) is 18.2 Å². The molecule has 3 rings (SSSR count). The van der Waals surface area contributed by atoms with E-state index in [0.717, 1.165) is 17.0 Å². The number of hydrogen-bond donors (Lipinski definition) is 1. The summed E-state index contributed by atoms with van der Waals surface area (Å²) in [7, 11) is 0. The van der Waals surface area contributed by atoms with Crippen molar-refractivity contribution < 1.29 is 4.79 Å². The van der Waals surface area contributed by atoms with Crippen LogP contribution in [0.4, 0.5) is 5.69 Å². The molecule has 0 unspecified atom stereocenters. The van der Waals surface area contributed by atoms with Crippen LogP contribution in [0, 0.1) is 6.92 Å². The average molecular weight is 283 g/mol. The minimum Gasteiger partial charge on any atom is -0.323 e. The van der Waals surface area contributed by atoms with Crippen LogP contribution in [0.2, 0.25) is 0 Å². The zero-order valence-electron chi connectivity index (χ0n) is 11.5. The molecule has 20 heavy (non-hydrogen) atoms. The Morgan fingerprint density at radius 1 is 1.20 bits per heavy atom. The van der Waals surface area contributed by atoms with Gasteiger partial charge in [-0.25, -0.2) is 0 Å². The van der Waals surface area contributed by atoms with E-state index in [0.29, 0.717) is 0 Å². The Labute approximate surface area is 123 Å². The number of thiophene rings is 1. The van der Waals surface area contributed by atoms with E-state index in [4.69, 9.17) is 0 Å². The molecule has 0 fully saturated rings. The van der Waals surface area contributed by atoms with Gasteiger partial charge in [0.05, 0.1) is 0 Å². The molecule has 2 aromatic rings. The van der Waals surface area contributed by atoms with E-state index >= 15 is 0 Å². The van der Waals surface area contributed by atoms with Crippen LogP contribution in [-0.4, -0.2) is 5.91 Å². The van der Waals surface area contributed by atoms with Gasteiger partial charge in [-0.1, -0.05) is 6.07 Å². The topological polar surface area (TPSA) is 29.1 Å². The molecule has 3 heteroatoms. The fourth-order valence-electron chi connectivity index (χ4n) is 2.53. The fourth-order valence-corrected chi connectivity index (χ4v) is 3.31. The number of carbonyl (C=O) groups excluding carboxylic acids is 1. The number of carbonyl (C=O) groups is 1. The molecule has 1 aromatic heterocycles. The van der Waals surface area contributed by atoms with Gasteiger partial charge in [-0.05, 0) is 67.7 Å². The maximum atomic E-state index is 11.9. The maximum Gasteiger partial charge on any atom is 0.248 e. The van der Waals surface area contributed by atoms with Gasteiger partial charge in [0.1, 0.15) is 0 Å². The number of benzene rings is 1. The first kappa shape index (κ1) is 13.1. The first-order valence-electron chi connectivity index (χ1n) is 6.88. The second-order valence-corrected chi connectivity index (χ2v) is 6.43. The highest BCUT2D eigenvalue weighted by Crippen LogP contribution is 2.25. The van der Waals surface area contributed by atoms with Gasteiger partial charge in [0, 0.05) is 21.5 Å². The SMILES string of the molecule is Cc1ccc(/C=C/C(=O)Nc2ccc3c(c2)CCC3)s1. The predicted octanol–water partition coefficient (Wildman–Crippen LogP) is 4.20. The fraction of sp³-hybridized carbons (Fsp3) is 0.235. The predicted molar refractivity (Wildman–Crippen MR) is 85.2 cm³/mol. The van der Waals surface area contributed by atoms with E-state index in [1.54, 1.807) is 17.4 Å². The zero-order valence-corrected chi connectivity index (χ0v) is 12.3. The van der Waals surface area contributed by atoms with Crippen molar-refractivity contribution in [3.05, 3.63) is 57.3 Å². The number of anilines is 1. The van der Waals surface area contributed by atoms with E-state index in [1.165, 1.54) is 28.8 Å². The molecule has 1 N–H and O–H groups in total. The second kappa shape index (κ2) is 5.63. The molecule has 0 saturated carbocycles. The molecule has 0 spiro atoms. The standard InChI is InChI=1S/C17H17NOS/c1-12-5-8-16(20-12)9-10-17(19)18-15-7-6-13-3-2-4-14(13)11-15/h5-11H,2-4H2,1H3,(H,18,19)/b10-9+. The van der Waals surface area contributed by atoms with Crippen molar-refractivity contribution in [3.63, 3.8) is 0 Å². The average Bonchev–Trinajstić information content (AvgIpc) is 3.04. The highest BCUT2D eigenvalue weighted by molar-refractivity contribution is 7.12. The van der Waals surface area contributed by atoms with Crippen LogP contribution < -0.4 is 5.32 Å². The first-order valence-corrected chi connectivity index (χ1v) is 7.70. The van der Waals surface area contributed by atoms with Crippen LogP contribution >= 0.6 is 11.3 Å². The van der Waals surface area contributed by atoms with Gasteiger partial charge in [0.2, 0.25) is 5.91 Å². The summed E-state index contributed by atoms with van der Waals surface area (Å²) in [4.78, 5) is 14.3. The monoisotopic (exact) mass is 283 g/mol. The summed E-state index contributed by atoms with van der Waals surface area (Å²) in [5, 5.41) is 2.93. The van der Waals surface area contributed by atoms with Crippen molar-refractivity contribution in [2.75, 3.05) is 5.32 Å². The molecule has 2 nitrogen and oxygen atoms in total. The summed E-state index contributed by atoms with van der Waals surface area (Å²) >= 11 is 1.69. The van der Waals surface area contributed by atoms with Gasteiger partial charge in [-0.3, -0.25) is 4.79 Å². The normalized spacial score (nSPS) is 13.7. The summed E-state index contributed by atoms with van der Waals surface area (Å²) in [6.45, 7) is 2.06. The Morgan fingerprint density at radius 2 is 2.05 bits per heavy atom. The Bertz CT molecular complexity index is 669. The van der Waals surface area contributed by atoms with Crippen LogP contribution in [0.15, 0.2) is 36.4 Å². The first-order chi connectivity index (χ1) is 9.70. The van der Waals surface area contributed by atoms with Gasteiger partial charge < -0.3 is 5.32 Å². The van der Waals surface area contributed by atoms with E-state index < -0.39 is 0 Å². The molecule has 0 saturated heterocycles. The molecule has 1 aliphatic carbocycles. The number of fused-ring (bicyclic) bond motifs is 1. The number of amides is 1. The largest absolute Gasteiger partial charge is 0.323 e. The lowest BCUT2D eigenvalue weighted by molar-refractivity contribution is -0.111. The molecule has 1 amide bonds. The van der Waals surface area contributed by atoms with Crippen LogP contribution in [0.25, 0.3) is 6.08 Å². The lowest BCUT2D eigenvalue weighted by Gasteiger charge is -2.05. The zero-order chi connectivity index (χ0) is 13.9. The molecule has 1 aromatic carbocycles. The quantitative estimate of drug-likeness (QED) is 0.840. The molecule has 102 valence electrons. The minimum atomic E-state index is -0.0750. The number of aryl methyl sites for hydroxylation is 3.